The Hall–Kier alpha value is -0.800. The van der Waals surface area contributed by atoms with E-state index in [4.69, 9.17) is 0 Å². The van der Waals surface area contributed by atoms with E-state index in [0.717, 1.165) is 10.0 Å². The lowest BCUT2D eigenvalue weighted by molar-refractivity contribution is 0.0976. The molecule has 2 aliphatic rings. The predicted molar refractivity (Wildman–Crippen MR) is 71.0 cm³/mol. The van der Waals surface area contributed by atoms with Gasteiger partial charge in [-0.3, -0.25) is 4.79 Å². The number of thioether (sulfide) groups is 1. The fourth-order valence-corrected chi connectivity index (χ4v) is 3.71. The number of allylic oxidation sites excluding steroid dienone is 2. The molecule has 0 saturated carbocycles. The Bertz CT molecular complexity index is 506. The number of hydrogen-bond donors (Lipinski definition) is 0. The Morgan fingerprint density at radius 3 is 2.75 bits per heavy atom. The van der Waals surface area contributed by atoms with Crippen LogP contribution in [0.15, 0.2) is 53.0 Å². The quantitative estimate of drug-likeness (QED) is 0.612. The number of benzene rings is 1. The normalized spacial score (nSPS) is 30.6. The van der Waals surface area contributed by atoms with Crippen molar-refractivity contribution in [2.75, 3.05) is 0 Å². The molecule has 3 heteroatoms. The second kappa shape index (κ2) is 3.60. The molecule has 1 aliphatic carbocycles. The highest BCUT2D eigenvalue weighted by atomic mass is 79.9. The van der Waals surface area contributed by atoms with Crippen molar-refractivity contribution < 1.29 is 4.79 Å². The van der Waals surface area contributed by atoms with Crippen LogP contribution in [-0.2, 0) is 0 Å². The summed E-state index contributed by atoms with van der Waals surface area (Å²) in [6.45, 7) is 0. The van der Waals surface area contributed by atoms with E-state index in [-0.39, 0.29) is 10.5 Å². The molecule has 1 aliphatic heterocycles. The predicted octanol–water partition coefficient (Wildman–Crippen LogP) is 3.57. The van der Waals surface area contributed by atoms with Crippen molar-refractivity contribution in [3.05, 3.63) is 58.6 Å². The molecule has 0 radical (unpaired) electrons. The fourth-order valence-electron chi connectivity index (χ4n) is 1.95. The Kier molecular flexibility index (Phi) is 2.33. The smallest absolute Gasteiger partial charge is 0.184 e. The summed E-state index contributed by atoms with van der Waals surface area (Å²) in [5.41, 5.74) is 0.800. The first-order valence-corrected chi connectivity index (χ1v) is 6.74. The molecule has 1 saturated heterocycles. The number of Topliss-reactive ketones (excluding diaryl/α,β-unsaturated/α-hetero) is 1. The third kappa shape index (κ3) is 1.50. The number of rotatable bonds is 2. The second-order valence-electron chi connectivity index (χ2n) is 3.91. The highest BCUT2D eigenvalue weighted by molar-refractivity contribution is 9.11. The molecule has 0 amide bonds. The van der Waals surface area contributed by atoms with Crippen LogP contribution in [0.5, 0.6) is 0 Å². The first kappa shape index (κ1) is 10.4. The molecule has 0 aromatic heterocycles. The van der Waals surface area contributed by atoms with Crippen molar-refractivity contribution >= 4 is 33.5 Å². The van der Waals surface area contributed by atoms with Gasteiger partial charge in [0.2, 0.25) is 0 Å². The van der Waals surface area contributed by atoms with Gasteiger partial charge in [-0.2, -0.15) is 0 Å². The van der Waals surface area contributed by atoms with E-state index in [0.29, 0.717) is 5.25 Å². The molecule has 0 bridgehead atoms. The van der Waals surface area contributed by atoms with Gasteiger partial charge in [0.25, 0.3) is 0 Å². The van der Waals surface area contributed by atoms with Gasteiger partial charge in [0, 0.05) is 10.0 Å². The van der Waals surface area contributed by atoms with Crippen molar-refractivity contribution in [2.24, 2.45) is 0 Å². The molecule has 3 rings (SSSR count). The highest BCUT2D eigenvalue weighted by Crippen LogP contribution is 2.59. The topological polar surface area (TPSA) is 17.1 Å². The number of fused-ring (bicyclic) bond motifs is 1. The molecule has 0 N–H and O–H groups in total. The van der Waals surface area contributed by atoms with E-state index < -0.39 is 0 Å². The number of carbonyl (C=O) groups excluding carboxylic acids is 1. The third-order valence-electron chi connectivity index (χ3n) is 2.88. The zero-order valence-electron chi connectivity index (χ0n) is 8.39. The van der Waals surface area contributed by atoms with Crippen LogP contribution in [0.25, 0.3) is 0 Å². The van der Waals surface area contributed by atoms with Gasteiger partial charge in [-0.25, -0.2) is 0 Å². The molecular formula is C13H9BrOS. The Morgan fingerprint density at radius 2 is 2.06 bits per heavy atom. The zero-order chi connectivity index (χ0) is 11.2. The lowest BCUT2D eigenvalue weighted by atomic mass is 9.92. The van der Waals surface area contributed by atoms with E-state index >= 15 is 0 Å². The fraction of sp³-hybridized carbons (Fsp3) is 0.154. The maximum absolute atomic E-state index is 12.4. The highest BCUT2D eigenvalue weighted by Gasteiger charge is 2.59. The average molecular weight is 293 g/mol. The third-order valence-corrected chi connectivity index (χ3v) is 4.88. The van der Waals surface area contributed by atoms with Crippen LogP contribution in [0, 0.1) is 0 Å². The first-order valence-electron chi connectivity index (χ1n) is 5.06. The number of ketones is 1. The van der Waals surface area contributed by atoms with Gasteiger partial charge in [0.05, 0.1) is 5.25 Å². The van der Waals surface area contributed by atoms with E-state index in [1.807, 2.05) is 42.5 Å². The molecule has 16 heavy (non-hydrogen) atoms. The minimum Gasteiger partial charge on any atom is -0.292 e. The summed E-state index contributed by atoms with van der Waals surface area (Å²) < 4.78 is 0.748. The number of carbonyl (C=O) groups is 1. The van der Waals surface area contributed by atoms with Gasteiger partial charge < -0.3 is 0 Å². The second-order valence-corrected chi connectivity index (χ2v) is 6.25. The van der Waals surface area contributed by atoms with Gasteiger partial charge in [-0.15, -0.1) is 11.8 Å². The average Bonchev–Trinajstić information content (AvgIpc) is 3.04. The SMILES string of the molecule is O=C(c1ccccc1)C12C=CC(Br)=CC1S2. The molecule has 1 nitrogen and oxygen atoms in total. The standard InChI is InChI=1S/C13H9BrOS/c14-10-6-7-13(11(8-10)16-13)12(15)9-4-2-1-3-5-9/h1-8,11H. The van der Waals surface area contributed by atoms with E-state index in [1.165, 1.54) is 0 Å². The van der Waals surface area contributed by atoms with Gasteiger partial charge in [-0.05, 0) is 0 Å². The lowest BCUT2D eigenvalue weighted by Crippen LogP contribution is -2.25. The van der Waals surface area contributed by atoms with Gasteiger partial charge >= 0.3 is 0 Å². The van der Waals surface area contributed by atoms with Crippen molar-refractivity contribution in [1.82, 2.24) is 0 Å². The minimum atomic E-state index is -0.321. The van der Waals surface area contributed by atoms with E-state index in [2.05, 4.69) is 22.0 Å². The maximum Gasteiger partial charge on any atom is 0.184 e. The number of halogens is 1. The van der Waals surface area contributed by atoms with Crippen molar-refractivity contribution in [1.29, 1.82) is 0 Å². The molecule has 2 atom stereocenters. The van der Waals surface area contributed by atoms with E-state index in [9.17, 15) is 4.79 Å². The first-order chi connectivity index (χ1) is 7.72. The van der Waals surface area contributed by atoms with Crippen LogP contribution in [0.1, 0.15) is 10.4 Å². The molecule has 0 spiro atoms. The lowest BCUT2D eigenvalue weighted by Gasteiger charge is -2.11. The van der Waals surface area contributed by atoms with Crippen LogP contribution >= 0.6 is 27.7 Å². The molecule has 1 aromatic carbocycles. The van der Waals surface area contributed by atoms with Crippen molar-refractivity contribution in [2.45, 2.75) is 10.00 Å². The summed E-state index contributed by atoms with van der Waals surface area (Å²) in [5.74, 6) is 0.218. The van der Waals surface area contributed by atoms with E-state index in [1.54, 1.807) is 11.8 Å². The monoisotopic (exact) mass is 292 g/mol. The molecule has 1 heterocycles. The Balaban J connectivity index is 1.92. The maximum atomic E-state index is 12.4. The van der Waals surface area contributed by atoms with Crippen LogP contribution in [0.4, 0.5) is 0 Å². The molecule has 1 aromatic rings. The summed E-state index contributed by atoms with van der Waals surface area (Å²) in [6, 6.07) is 9.51. The Labute approximate surface area is 107 Å². The zero-order valence-corrected chi connectivity index (χ0v) is 10.8. The van der Waals surface area contributed by atoms with Crippen LogP contribution < -0.4 is 0 Å². The summed E-state index contributed by atoms with van der Waals surface area (Å²) in [4.78, 5) is 12.4. The molecule has 2 unspecified atom stereocenters. The summed E-state index contributed by atoms with van der Waals surface area (Å²) >= 11 is 5.14. The van der Waals surface area contributed by atoms with Gasteiger partial charge in [0.15, 0.2) is 5.78 Å². The van der Waals surface area contributed by atoms with Crippen LogP contribution in [-0.4, -0.2) is 15.8 Å². The summed E-state index contributed by atoms with van der Waals surface area (Å²) in [7, 11) is 0. The van der Waals surface area contributed by atoms with Gasteiger partial charge in [0.1, 0.15) is 4.75 Å². The number of hydrogen-bond acceptors (Lipinski definition) is 2. The van der Waals surface area contributed by atoms with Gasteiger partial charge in [-0.1, -0.05) is 64.5 Å². The largest absolute Gasteiger partial charge is 0.292 e. The van der Waals surface area contributed by atoms with Crippen LogP contribution in [0.3, 0.4) is 0 Å². The Morgan fingerprint density at radius 1 is 1.31 bits per heavy atom. The van der Waals surface area contributed by atoms with Crippen LogP contribution in [0.2, 0.25) is 0 Å². The van der Waals surface area contributed by atoms with Crippen molar-refractivity contribution in [3.63, 3.8) is 0 Å². The molecular weight excluding hydrogens is 284 g/mol. The van der Waals surface area contributed by atoms with Crippen molar-refractivity contribution in [3.8, 4) is 0 Å². The minimum absolute atomic E-state index is 0.218. The summed E-state index contributed by atoms with van der Waals surface area (Å²) in [5, 5.41) is 0.305. The molecule has 1 fully saturated rings. The molecule has 80 valence electrons. The summed E-state index contributed by atoms with van der Waals surface area (Å²) in [6.07, 6.45) is 6.09.